The van der Waals surface area contributed by atoms with Crippen molar-refractivity contribution in [2.45, 2.75) is 12.1 Å². The van der Waals surface area contributed by atoms with E-state index in [0.717, 1.165) is 11.1 Å². The standard InChI is InChI=1S/C24H23N3O3/c28-23(20-12-7-13-25-16-20)27-15-14-26(17-21(27)24(29)30)22(18-8-3-1-4-9-18)19-10-5-2-6-11-19/h1-13,16,21-22H,14-15,17H2,(H,29,30)/p-1. The van der Waals surface area contributed by atoms with E-state index in [-0.39, 0.29) is 18.5 Å². The molecule has 4 rings (SSSR count). The van der Waals surface area contributed by atoms with Gasteiger partial charge in [-0.15, -0.1) is 0 Å². The third kappa shape index (κ3) is 4.09. The number of hydrogen-bond donors (Lipinski definition) is 0. The molecule has 1 fully saturated rings. The van der Waals surface area contributed by atoms with E-state index in [4.69, 9.17) is 0 Å². The van der Waals surface area contributed by atoms with Gasteiger partial charge in [0.1, 0.15) is 0 Å². The fourth-order valence-corrected chi connectivity index (χ4v) is 4.02. The van der Waals surface area contributed by atoms with Crippen molar-refractivity contribution in [3.8, 4) is 0 Å². The monoisotopic (exact) mass is 400 g/mol. The topological polar surface area (TPSA) is 76.6 Å². The number of carboxylic acids is 1. The number of rotatable bonds is 5. The first-order chi connectivity index (χ1) is 14.6. The van der Waals surface area contributed by atoms with Crippen LogP contribution >= 0.6 is 0 Å². The number of carbonyl (C=O) groups excluding carboxylic acids is 2. The highest BCUT2D eigenvalue weighted by Crippen LogP contribution is 2.31. The number of benzene rings is 2. The molecule has 6 heteroatoms. The molecule has 152 valence electrons. The van der Waals surface area contributed by atoms with Gasteiger partial charge in [-0.25, -0.2) is 0 Å². The Labute approximate surface area is 175 Å². The second-order valence-corrected chi connectivity index (χ2v) is 7.29. The Balaban J connectivity index is 1.64. The van der Waals surface area contributed by atoms with E-state index < -0.39 is 12.0 Å². The number of pyridine rings is 1. The molecule has 1 amide bonds. The van der Waals surface area contributed by atoms with Crippen molar-refractivity contribution in [3.63, 3.8) is 0 Å². The van der Waals surface area contributed by atoms with Crippen molar-refractivity contribution in [1.82, 2.24) is 14.8 Å². The van der Waals surface area contributed by atoms with Crippen LogP contribution in [0.3, 0.4) is 0 Å². The van der Waals surface area contributed by atoms with Gasteiger partial charge in [-0.1, -0.05) is 60.7 Å². The summed E-state index contributed by atoms with van der Waals surface area (Å²) in [5.74, 6) is -1.59. The van der Waals surface area contributed by atoms with Gasteiger partial charge in [-0.2, -0.15) is 0 Å². The molecule has 2 aromatic carbocycles. The molecule has 0 spiro atoms. The number of hydrogen-bond acceptors (Lipinski definition) is 5. The molecule has 30 heavy (non-hydrogen) atoms. The molecular weight excluding hydrogens is 378 g/mol. The van der Waals surface area contributed by atoms with E-state index >= 15 is 0 Å². The number of piperazine rings is 1. The number of carbonyl (C=O) groups is 2. The molecular formula is C24H22N3O3-. The van der Waals surface area contributed by atoms with Crippen LogP contribution in [-0.2, 0) is 4.79 Å². The first-order valence-electron chi connectivity index (χ1n) is 9.91. The zero-order valence-electron chi connectivity index (χ0n) is 16.4. The largest absolute Gasteiger partial charge is 0.548 e. The van der Waals surface area contributed by atoms with Gasteiger partial charge in [-0.3, -0.25) is 14.7 Å². The maximum atomic E-state index is 12.9. The van der Waals surface area contributed by atoms with E-state index in [1.807, 2.05) is 60.7 Å². The second-order valence-electron chi connectivity index (χ2n) is 7.29. The lowest BCUT2D eigenvalue weighted by atomic mass is 9.95. The van der Waals surface area contributed by atoms with Crippen molar-refractivity contribution in [2.24, 2.45) is 0 Å². The van der Waals surface area contributed by atoms with Crippen molar-refractivity contribution >= 4 is 11.9 Å². The highest BCUT2D eigenvalue weighted by Gasteiger charge is 2.35. The molecule has 1 aliphatic heterocycles. The van der Waals surface area contributed by atoms with Crippen LogP contribution in [0.2, 0.25) is 0 Å². The van der Waals surface area contributed by atoms with Crippen LogP contribution in [0.15, 0.2) is 85.2 Å². The van der Waals surface area contributed by atoms with Crippen molar-refractivity contribution in [2.75, 3.05) is 19.6 Å². The molecule has 0 radical (unpaired) electrons. The fraction of sp³-hybridized carbons (Fsp3) is 0.208. The molecule has 0 bridgehead atoms. The summed E-state index contributed by atoms with van der Waals surface area (Å²) in [7, 11) is 0. The minimum atomic E-state index is -1.25. The minimum Gasteiger partial charge on any atom is -0.548 e. The molecule has 6 nitrogen and oxygen atoms in total. The Hall–Kier alpha value is -3.51. The summed E-state index contributed by atoms with van der Waals surface area (Å²) >= 11 is 0. The van der Waals surface area contributed by atoms with Gasteiger partial charge in [0.25, 0.3) is 5.91 Å². The first-order valence-corrected chi connectivity index (χ1v) is 9.91. The first kappa shape index (κ1) is 19.8. The summed E-state index contributed by atoms with van der Waals surface area (Å²) < 4.78 is 0. The Morgan fingerprint density at radius 3 is 2.07 bits per heavy atom. The zero-order chi connectivity index (χ0) is 20.9. The van der Waals surface area contributed by atoms with E-state index in [2.05, 4.69) is 9.88 Å². The van der Waals surface area contributed by atoms with E-state index in [1.54, 1.807) is 18.3 Å². The van der Waals surface area contributed by atoms with Crippen molar-refractivity contribution in [3.05, 3.63) is 102 Å². The summed E-state index contributed by atoms with van der Waals surface area (Å²) in [5, 5.41) is 12.0. The van der Waals surface area contributed by atoms with Gasteiger partial charge in [-0.05, 0) is 23.3 Å². The van der Waals surface area contributed by atoms with Gasteiger partial charge in [0, 0.05) is 32.0 Å². The van der Waals surface area contributed by atoms with Crippen molar-refractivity contribution < 1.29 is 14.7 Å². The quantitative estimate of drug-likeness (QED) is 0.652. The highest BCUT2D eigenvalue weighted by atomic mass is 16.4. The van der Waals surface area contributed by atoms with Crippen LogP contribution in [0.5, 0.6) is 0 Å². The molecule has 1 atom stereocenters. The van der Waals surface area contributed by atoms with Crippen LogP contribution in [0.1, 0.15) is 27.5 Å². The van der Waals surface area contributed by atoms with Crippen LogP contribution in [0, 0.1) is 0 Å². The van der Waals surface area contributed by atoms with Gasteiger partial charge >= 0.3 is 0 Å². The number of aromatic nitrogens is 1. The third-order valence-electron chi connectivity index (χ3n) is 5.45. The summed E-state index contributed by atoms with van der Waals surface area (Å²) in [6, 6.07) is 22.1. The molecule has 2 heterocycles. The molecule has 1 aliphatic rings. The number of aliphatic carboxylic acids is 1. The Bertz CT molecular complexity index is 956. The van der Waals surface area contributed by atoms with Crippen LogP contribution in [0.4, 0.5) is 0 Å². The average molecular weight is 400 g/mol. The van der Waals surface area contributed by atoms with Crippen LogP contribution < -0.4 is 5.11 Å². The molecule has 1 unspecified atom stereocenters. The van der Waals surface area contributed by atoms with Crippen LogP contribution in [0.25, 0.3) is 0 Å². The number of carboxylic acid groups (broad SMARTS) is 1. The van der Waals surface area contributed by atoms with Crippen molar-refractivity contribution in [1.29, 1.82) is 0 Å². The van der Waals surface area contributed by atoms with Gasteiger partial charge in [0.05, 0.1) is 23.6 Å². The smallest absolute Gasteiger partial charge is 0.256 e. The predicted molar refractivity (Wildman–Crippen MR) is 110 cm³/mol. The van der Waals surface area contributed by atoms with Gasteiger partial charge in [0.15, 0.2) is 0 Å². The Kier molecular flexibility index (Phi) is 5.86. The van der Waals surface area contributed by atoms with Crippen LogP contribution in [-0.4, -0.2) is 52.3 Å². The molecule has 1 aromatic heterocycles. The van der Waals surface area contributed by atoms with E-state index in [1.165, 1.54) is 11.1 Å². The van der Waals surface area contributed by atoms with E-state index in [9.17, 15) is 14.7 Å². The fourth-order valence-electron chi connectivity index (χ4n) is 4.02. The molecule has 0 saturated carbocycles. The minimum absolute atomic E-state index is 0.107. The predicted octanol–water partition coefficient (Wildman–Crippen LogP) is 1.75. The van der Waals surface area contributed by atoms with Gasteiger partial charge < -0.3 is 14.8 Å². The number of amides is 1. The summed E-state index contributed by atoms with van der Waals surface area (Å²) in [6.07, 6.45) is 3.03. The highest BCUT2D eigenvalue weighted by molar-refractivity contribution is 5.96. The molecule has 3 aromatic rings. The Morgan fingerprint density at radius 2 is 1.53 bits per heavy atom. The molecule has 0 aliphatic carbocycles. The van der Waals surface area contributed by atoms with Gasteiger partial charge in [0.2, 0.25) is 0 Å². The summed E-state index contributed by atoms with van der Waals surface area (Å²) in [6.45, 7) is 1.02. The average Bonchev–Trinajstić information content (AvgIpc) is 2.81. The lowest BCUT2D eigenvalue weighted by Gasteiger charge is -2.45. The second kappa shape index (κ2) is 8.88. The Morgan fingerprint density at radius 1 is 0.900 bits per heavy atom. The normalized spacial score (nSPS) is 17.1. The lowest BCUT2D eigenvalue weighted by molar-refractivity contribution is -0.312. The lowest BCUT2D eigenvalue weighted by Crippen LogP contribution is -2.61. The zero-order valence-corrected chi connectivity index (χ0v) is 16.4. The van der Waals surface area contributed by atoms with E-state index in [0.29, 0.717) is 18.7 Å². The SMILES string of the molecule is O=C([O-])C1CN(C(c2ccccc2)c2ccccc2)CCN1C(=O)c1cccnc1. The molecule has 0 N–H and O–H groups in total. The summed E-state index contributed by atoms with van der Waals surface area (Å²) in [4.78, 5) is 32.4. The number of nitrogens with zero attached hydrogens (tertiary/aromatic N) is 3. The molecule has 1 saturated heterocycles. The maximum Gasteiger partial charge on any atom is 0.256 e. The third-order valence-corrected chi connectivity index (χ3v) is 5.45. The summed E-state index contributed by atoms with van der Waals surface area (Å²) in [5.41, 5.74) is 2.53. The maximum absolute atomic E-state index is 12.9.